The van der Waals surface area contributed by atoms with Gasteiger partial charge >= 0.3 is 6.03 Å². The monoisotopic (exact) mass is 492 g/mol. The first-order valence-electron chi connectivity index (χ1n) is 12.3. The van der Waals surface area contributed by atoms with Gasteiger partial charge in [-0.25, -0.2) is 9.18 Å². The lowest BCUT2D eigenvalue weighted by Crippen LogP contribution is -2.51. The number of urea groups is 1. The molecule has 0 spiro atoms. The molecule has 1 aliphatic rings. The van der Waals surface area contributed by atoms with Gasteiger partial charge in [0.2, 0.25) is 5.91 Å². The number of benzene rings is 1. The lowest BCUT2D eigenvalue weighted by molar-refractivity contribution is -0.133. The first-order chi connectivity index (χ1) is 17.3. The number of nitrogens with zero attached hydrogens (tertiary/aromatic N) is 5. The molecular weight excluding hydrogens is 459 g/mol. The van der Waals surface area contributed by atoms with Gasteiger partial charge in [0, 0.05) is 62.3 Å². The summed E-state index contributed by atoms with van der Waals surface area (Å²) < 4.78 is 15.1. The Morgan fingerprint density at radius 3 is 2.42 bits per heavy atom. The molecule has 4 rings (SSSR count). The number of hydrogen-bond donors (Lipinski definition) is 1. The van der Waals surface area contributed by atoms with Gasteiger partial charge in [-0.3, -0.25) is 14.5 Å². The topological polar surface area (TPSA) is 83.4 Å². The van der Waals surface area contributed by atoms with Gasteiger partial charge < -0.3 is 15.1 Å². The summed E-state index contributed by atoms with van der Waals surface area (Å²) >= 11 is 0. The quantitative estimate of drug-likeness (QED) is 0.545. The molecule has 1 saturated heterocycles. The maximum atomic E-state index is 13.4. The maximum absolute atomic E-state index is 13.4. The number of piperidine rings is 1. The third-order valence-corrected chi connectivity index (χ3v) is 6.52. The first-order valence-corrected chi connectivity index (χ1v) is 12.3. The van der Waals surface area contributed by atoms with E-state index in [1.54, 1.807) is 34.1 Å². The summed E-state index contributed by atoms with van der Waals surface area (Å²) in [7, 11) is 1.81. The van der Waals surface area contributed by atoms with Crippen LogP contribution in [0.4, 0.5) is 9.18 Å². The number of halogens is 1. The molecule has 1 fully saturated rings. The summed E-state index contributed by atoms with van der Waals surface area (Å²) in [6.07, 6.45) is 5.42. The Morgan fingerprint density at radius 2 is 1.78 bits per heavy atom. The fourth-order valence-electron chi connectivity index (χ4n) is 4.46. The Kier molecular flexibility index (Phi) is 7.97. The molecule has 0 saturated carbocycles. The van der Waals surface area contributed by atoms with Crippen molar-refractivity contribution in [2.24, 2.45) is 0 Å². The summed E-state index contributed by atoms with van der Waals surface area (Å²) in [5, 5.41) is 7.65. The largest absolute Gasteiger partial charge is 0.341 e. The molecule has 1 aliphatic heterocycles. The number of carbonyl (C=O) groups excluding carboxylic acids is 2. The Labute approximate surface area is 211 Å². The molecule has 0 atom stereocenters. The Hall–Kier alpha value is -3.75. The van der Waals surface area contributed by atoms with Crippen LogP contribution in [0.1, 0.15) is 37.9 Å². The zero-order chi connectivity index (χ0) is 25.7. The van der Waals surface area contributed by atoms with Gasteiger partial charge in [-0.15, -0.1) is 0 Å². The molecule has 0 bridgehead atoms. The van der Waals surface area contributed by atoms with Crippen LogP contribution < -0.4 is 5.32 Å². The van der Waals surface area contributed by atoms with Crippen molar-refractivity contribution in [1.29, 1.82) is 0 Å². The second-order valence-electron chi connectivity index (χ2n) is 9.54. The minimum Gasteiger partial charge on any atom is -0.341 e. The molecule has 9 heteroatoms. The number of hydrogen-bond acceptors (Lipinski definition) is 4. The Morgan fingerprint density at radius 1 is 1.11 bits per heavy atom. The smallest absolute Gasteiger partial charge is 0.317 e. The predicted octanol–water partition coefficient (Wildman–Crippen LogP) is 3.72. The average molecular weight is 493 g/mol. The van der Waals surface area contributed by atoms with Crippen LogP contribution in [0.2, 0.25) is 0 Å². The Bertz CT molecular complexity index is 1170. The van der Waals surface area contributed by atoms with Crippen LogP contribution in [0.3, 0.4) is 0 Å². The molecule has 3 aromatic rings. The highest BCUT2D eigenvalue weighted by Gasteiger charge is 2.28. The molecule has 0 unspecified atom stereocenters. The van der Waals surface area contributed by atoms with Gasteiger partial charge in [-0.2, -0.15) is 5.10 Å². The Balaban J connectivity index is 1.45. The van der Waals surface area contributed by atoms with Crippen molar-refractivity contribution in [3.8, 4) is 11.3 Å². The van der Waals surface area contributed by atoms with E-state index in [2.05, 4.69) is 10.3 Å². The van der Waals surface area contributed by atoms with Crippen molar-refractivity contribution >= 4 is 11.9 Å². The number of aromatic nitrogens is 3. The highest BCUT2D eigenvalue weighted by molar-refractivity contribution is 5.77. The van der Waals surface area contributed by atoms with Crippen molar-refractivity contribution in [2.45, 2.75) is 51.7 Å². The molecular formula is C27H33FN6O2. The second-order valence-corrected chi connectivity index (χ2v) is 9.54. The first kappa shape index (κ1) is 25.3. The summed E-state index contributed by atoms with van der Waals surface area (Å²) in [6, 6.07) is 12.2. The molecule has 190 valence electrons. The van der Waals surface area contributed by atoms with Crippen molar-refractivity contribution in [2.75, 3.05) is 20.1 Å². The number of pyridine rings is 1. The van der Waals surface area contributed by atoms with Crippen LogP contribution in [-0.4, -0.2) is 68.7 Å². The highest BCUT2D eigenvalue weighted by Crippen LogP contribution is 2.22. The van der Waals surface area contributed by atoms with E-state index in [9.17, 15) is 14.0 Å². The fraction of sp³-hybridized carbons (Fsp3) is 0.407. The fourth-order valence-corrected chi connectivity index (χ4v) is 4.46. The number of rotatable bonds is 7. The number of nitrogens with one attached hydrogen (secondary N) is 1. The van der Waals surface area contributed by atoms with E-state index in [1.165, 1.54) is 12.1 Å². The average Bonchev–Trinajstić information content (AvgIpc) is 3.27. The van der Waals surface area contributed by atoms with Crippen molar-refractivity contribution in [3.63, 3.8) is 0 Å². The molecule has 1 N–H and O–H groups in total. The molecule has 1 aromatic carbocycles. The van der Waals surface area contributed by atoms with Gasteiger partial charge in [0.25, 0.3) is 0 Å². The number of likely N-dealkylation sites (tertiary alicyclic amines) is 1. The van der Waals surface area contributed by atoms with Crippen LogP contribution in [0.5, 0.6) is 0 Å². The van der Waals surface area contributed by atoms with Crippen LogP contribution in [-0.2, 0) is 17.8 Å². The third-order valence-electron chi connectivity index (χ3n) is 6.52. The maximum Gasteiger partial charge on any atom is 0.317 e. The van der Waals surface area contributed by atoms with Crippen molar-refractivity contribution < 1.29 is 14.0 Å². The van der Waals surface area contributed by atoms with Crippen LogP contribution in [0.15, 0.2) is 54.9 Å². The zero-order valence-electron chi connectivity index (χ0n) is 21.0. The standard InChI is InChI=1S/C27H33FN6O2/c1-19(2)30-27(36)32(3)23-10-14-33(15-11-23)26(35)18-34-24(16-20-4-6-22(28)7-5-20)17-25(31-34)21-8-12-29-13-9-21/h4-9,12-13,17,19,23H,10-11,14-16,18H2,1-3H3,(H,30,36). The lowest BCUT2D eigenvalue weighted by atomic mass is 10.0. The van der Waals surface area contributed by atoms with Crippen molar-refractivity contribution in [1.82, 2.24) is 29.9 Å². The van der Waals surface area contributed by atoms with E-state index in [4.69, 9.17) is 5.10 Å². The van der Waals surface area contributed by atoms with E-state index in [-0.39, 0.29) is 36.4 Å². The lowest BCUT2D eigenvalue weighted by Gasteiger charge is -2.37. The summed E-state index contributed by atoms with van der Waals surface area (Å²) in [4.78, 5) is 33.2. The molecule has 2 aromatic heterocycles. The van der Waals surface area contributed by atoms with E-state index in [0.29, 0.717) is 19.5 Å². The molecule has 0 radical (unpaired) electrons. The van der Waals surface area contributed by atoms with Crippen LogP contribution >= 0.6 is 0 Å². The summed E-state index contributed by atoms with van der Waals surface area (Å²) in [5.74, 6) is -0.289. The SMILES string of the molecule is CC(C)NC(=O)N(C)C1CCN(C(=O)Cn2nc(-c3ccncc3)cc2Cc2ccc(F)cc2)CC1. The zero-order valence-corrected chi connectivity index (χ0v) is 21.0. The molecule has 36 heavy (non-hydrogen) atoms. The third kappa shape index (κ3) is 6.27. The summed E-state index contributed by atoms with van der Waals surface area (Å²) in [6.45, 7) is 5.18. The molecule has 3 heterocycles. The molecule has 0 aliphatic carbocycles. The minimum absolute atomic E-state index is 0.00697. The predicted molar refractivity (Wildman–Crippen MR) is 136 cm³/mol. The van der Waals surface area contributed by atoms with Gasteiger partial charge in [0.1, 0.15) is 12.4 Å². The van der Waals surface area contributed by atoms with Gasteiger partial charge in [-0.1, -0.05) is 12.1 Å². The summed E-state index contributed by atoms with van der Waals surface area (Å²) in [5.41, 5.74) is 3.50. The van der Waals surface area contributed by atoms with E-state index in [1.807, 2.05) is 44.0 Å². The number of amides is 3. The van der Waals surface area contributed by atoms with Gasteiger partial charge in [-0.05, 0) is 62.6 Å². The minimum atomic E-state index is -0.282. The normalized spacial score (nSPS) is 14.2. The van der Waals surface area contributed by atoms with E-state index < -0.39 is 0 Å². The molecule has 3 amide bonds. The van der Waals surface area contributed by atoms with E-state index >= 15 is 0 Å². The second kappa shape index (κ2) is 11.3. The van der Waals surface area contributed by atoms with Gasteiger partial charge in [0.15, 0.2) is 0 Å². The van der Waals surface area contributed by atoms with E-state index in [0.717, 1.165) is 35.4 Å². The van der Waals surface area contributed by atoms with Gasteiger partial charge in [0.05, 0.1) is 5.69 Å². The number of carbonyl (C=O) groups is 2. The van der Waals surface area contributed by atoms with Crippen LogP contribution in [0, 0.1) is 5.82 Å². The highest BCUT2D eigenvalue weighted by atomic mass is 19.1. The van der Waals surface area contributed by atoms with Crippen LogP contribution in [0.25, 0.3) is 11.3 Å². The molecule has 8 nitrogen and oxygen atoms in total. The van der Waals surface area contributed by atoms with Crippen molar-refractivity contribution in [3.05, 3.63) is 71.9 Å².